The number of hydrogen-bond donors (Lipinski definition) is 1. The molecule has 0 saturated heterocycles. The number of aromatic nitrogens is 1. The highest BCUT2D eigenvalue weighted by molar-refractivity contribution is 5.48. The van der Waals surface area contributed by atoms with Crippen LogP contribution in [0.15, 0.2) is 24.5 Å². The minimum Gasteiger partial charge on any atom is -0.330 e. The van der Waals surface area contributed by atoms with Crippen LogP contribution in [-0.2, 0) is 0 Å². The van der Waals surface area contributed by atoms with Crippen molar-refractivity contribution in [3.63, 3.8) is 0 Å². The summed E-state index contributed by atoms with van der Waals surface area (Å²) in [6.45, 7) is 0.587. The van der Waals surface area contributed by atoms with E-state index < -0.39 is 0 Å². The van der Waals surface area contributed by atoms with E-state index in [1.165, 1.54) is 6.20 Å². The Bertz CT molecular complexity index is 271. The van der Waals surface area contributed by atoms with E-state index in [0.29, 0.717) is 12.1 Å². The van der Waals surface area contributed by atoms with Gasteiger partial charge in [-0.3, -0.25) is 4.98 Å². The van der Waals surface area contributed by atoms with Crippen LogP contribution in [-0.4, -0.2) is 11.5 Å². The van der Waals surface area contributed by atoms with Crippen LogP contribution in [0.25, 0.3) is 6.08 Å². The second-order valence-electron chi connectivity index (χ2n) is 2.38. The van der Waals surface area contributed by atoms with Crippen molar-refractivity contribution in [2.75, 3.05) is 6.54 Å². The molecule has 0 aliphatic heterocycles. The lowest BCUT2D eigenvalue weighted by atomic mass is 10.2. The number of hydrogen-bond acceptors (Lipinski definition) is 2. The van der Waals surface area contributed by atoms with Crippen molar-refractivity contribution in [1.29, 1.82) is 0 Å². The van der Waals surface area contributed by atoms with Gasteiger partial charge in [0.25, 0.3) is 0 Å². The van der Waals surface area contributed by atoms with E-state index in [1.807, 2.05) is 6.08 Å². The summed E-state index contributed by atoms with van der Waals surface area (Å²) >= 11 is 0. The summed E-state index contributed by atoms with van der Waals surface area (Å²) in [5.74, 6) is -0.300. The molecule has 64 valence electrons. The third kappa shape index (κ3) is 2.43. The summed E-state index contributed by atoms with van der Waals surface area (Å²) in [5, 5.41) is 0. The first-order chi connectivity index (χ1) is 5.84. The van der Waals surface area contributed by atoms with Gasteiger partial charge in [0, 0.05) is 11.8 Å². The first-order valence-electron chi connectivity index (χ1n) is 3.80. The van der Waals surface area contributed by atoms with Crippen LogP contribution in [0, 0.1) is 5.82 Å². The van der Waals surface area contributed by atoms with Gasteiger partial charge in [0.15, 0.2) is 0 Å². The molecule has 1 aromatic rings. The molecule has 0 unspecified atom stereocenters. The third-order valence-electron chi connectivity index (χ3n) is 1.43. The van der Waals surface area contributed by atoms with Gasteiger partial charge in [-0.2, -0.15) is 0 Å². The van der Waals surface area contributed by atoms with E-state index in [-0.39, 0.29) is 5.82 Å². The van der Waals surface area contributed by atoms with Crippen molar-refractivity contribution in [2.45, 2.75) is 6.42 Å². The molecule has 2 nitrogen and oxygen atoms in total. The number of halogens is 1. The average Bonchev–Trinajstić information content (AvgIpc) is 2.09. The van der Waals surface area contributed by atoms with E-state index in [9.17, 15) is 4.39 Å². The molecule has 1 heterocycles. The maximum atomic E-state index is 12.9. The van der Waals surface area contributed by atoms with Crippen LogP contribution in [0.3, 0.4) is 0 Å². The maximum Gasteiger partial charge on any atom is 0.148 e. The first kappa shape index (κ1) is 8.87. The predicted octanol–water partition coefficient (Wildman–Crippen LogP) is 1.58. The van der Waals surface area contributed by atoms with Crippen molar-refractivity contribution >= 4 is 6.08 Å². The van der Waals surface area contributed by atoms with Crippen LogP contribution in [0.4, 0.5) is 4.39 Å². The maximum absolute atomic E-state index is 12.9. The Morgan fingerprint density at radius 3 is 3.08 bits per heavy atom. The molecule has 0 bridgehead atoms. The molecular formula is C9H11FN2. The third-order valence-corrected chi connectivity index (χ3v) is 1.43. The monoisotopic (exact) mass is 166 g/mol. The van der Waals surface area contributed by atoms with E-state index in [1.54, 1.807) is 18.3 Å². The minimum atomic E-state index is -0.300. The van der Waals surface area contributed by atoms with Gasteiger partial charge < -0.3 is 5.73 Å². The van der Waals surface area contributed by atoms with Gasteiger partial charge in [0.05, 0.1) is 6.20 Å². The molecule has 0 spiro atoms. The Balaban J connectivity index is 2.68. The lowest BCUT2D eigenvalue weighted by Gasteiger charge is -1.93. The number of nitrogens with zero attached hydrogens (tertiary/aromatic N) is 1. The molecule has 0 aliphatic carbocycles. The molecule has 0 radical (unpaired) electrons. The van der Waals surface area contributed by atoms with Crippen molar-refractivity contribution in [3.05, 3.63) is 35.9 Å². The second-order valence-corrected chi connectivity index (χ2v) is 2.38. The Hall–Kier alpha value is -1.22. The number of nitrogens with two attached hydrogens (primary N) is 1. The fourth-order valence-corrected chi connectivity index (χ4v) is 0.828. The smallest absolute Gasteiger partial charge is 0.148 e. The molecule has 0 aromatic carbocycles. The molecule has 0 saturated carbocycles. The topological polar surface area (TPSA) is 38.9 Å². The largest absolute Gasteiger partial charge is 0.330 e. The SMILES string of the molecule is NCCC=Cc1ccncc1F. The average molecular weight is 166 g/mol. The van der Waals surface area contributed by atoms with Gasteiger partial charge >= 0.3 is 0 Å². The summed E-state index contributed by atoms with van der Waals surface area (Å²) in [6.07, 6.45) is 7.08. The van der Waals surface area contributed by atoms with Gasteiger partial charge in [0.2, 0.25) is 0 Å². The molecule has 0 fully saturated rings. The van der Waals surface area contributed by atoms with Crippen LogP contribution < -0.4 is 5.73 Å². The fourth-order valence-electron chi connectivity index (χ4n) is 0.828. The van der Waals surface area contributed by atoms with E-state index >= 15 is 0 Å². The first-order valence-corrected chi connectivity index (χ1v) is 3.80. The van der Waals surface area contributed by atoms with Crippen molar-refractivity contribution in [3.8, 4) is 0 Å². The van der Waals surface area contributed by atoms with E-state index in [2.05, 4.69) is 4.98 Å². The predicted molar refractivity (Wildman–Crippen MR) is 46.9 cm³/mol. The van der Waals surface area contributed by atoms with Gasteiger partial charge in [-0.1, -0.05) is 12.2 Å². The lowest BCUT2D eigenvalue weighted by Crippen LogP contribution is -1.95. The molecule has 0 amide bonds. The zero-order chi connectivity index (χ0) is 8.81. The van der Waals surface area contributed by atoms with Gasteiger partial charge in [0.1, 0.15) is 5.82 Å². The molecule has 1 rings (SSSR count). The van der Waals surface area contributed by atoms with E-state index in [4.69, 9.17) is 5.73 Å². The Morgan fingerprint density at radius 1 is 1.58 bits per heavy atom. The highest BCUT2D eigenvalue weighted by atomic mass is 19.1. The summed E-state index contributed by atoms with van der Waals surface area (Å²) in [7, 11) is 0. The molecule has 1 aromatic heterocycles. The Labute approximate surface area is 70.9 Å². The van der Waals surface area contributed by atoms with Crippen LogP contribution in [0.2, 0.25) is 0 Å². The van der Waals surface area contributed by atoms with Crippen molar-refractivity contribution in [2.24, 2.45) is 5.73 Å². The summed E-state index contributed by atoms with van der Waals surface area (Å²) in [5.41, 5.74) is 5.83. The van der Waals surface area contributed by atoms with Crippen molar-refractivity contribution < 1.29 is 4.39 Å². The van der Waals surface area contributed by atoms with Crippen LogP contribution in [0.5, 0.6) is 0 Å². The Morgan fingerprint density at radius 2 is 2.42 bits per heavy atom. The molecule has 3 heteroatoms. The van der Waals surface area contributed by atoms with Crippen LogP contribution >= 0.6 is 0 Å². The van der Waals surface area contributed by atoms with Gasteiger partial charge in [-0.15, -0.1) is 0 Å². The van der Waals surface area contributed by atoms with Crippen molar-refractivity contribution in [1.82, 2.24) is 4.98 Å². The molecule has 12 heavy (non-hydrogen) atoms. The fraction of sp³-hybridized carbons (Fsp3) is 0.222. The zero-order valence-corrected chi connectivity index (χ0v) is 6.70. The lowest BCUT2D eigenvalue weighted by molar-refractivity contribution is 0.618. The quantitative estimate of drug-likeness (QED) is 0.740. The number of pyridine rings is 1. The zero-order valence-electron chi connectivity index (χ0n) is 6.70. The molecular weight excluding hydrogens is 155 g/mol. The normalized spacial score (nSPS) is 10.8. The van der Waals surface area contributed by atoms with Gasteiger partial charge in [-0.05, 0) is 19.0 Å². The Kier molecular flexibility index (Phi) is 3.41. The highest BCUT2D eigenvalue weighted by Gasteiger charge is 1.94. The summed E-state index contributed by atoms with van der Waals surface area (Å²) < 4.78 is 12.9. The molecule has 2 N–H and O–H groups in total. The van der Waals surface area contributed by atoms with E-state index in [0.717, 1.165) is 6.42 Å². The number of rotatable bonds is 3. The molecule has 0 atom stereocenters. The molecule has 0 aliphatic rings. The summed E-state index contributed by atoms with van der Waals surface area (Å²) in [6, 6.07) is 1.63. The minimum absolute atomic E-state index is 0.300. The summed E-state index contributed by atoms with van der Waals surface area (Å²) in [4.78, 5) is 3.64. The van der Waals surface area contributed by atoms with Gasteiger partial charge in [-0.25, -0.2) is 4.39 Å². The standard InChI is InChI=1S/C9H11FN2/c10-9-7-12-6-4-8(9)3-1-2-5-11/h1,3-4,6-7H,2,5,11H2. The highest BCUT2D eigenvalue weighted by Crippen LogP contribution is 2.06. The van der Waals surface area contributed by atoms with Crippen LogP contribution in [0.1, 0.15) is 12.0 Å². The second kappa shape index (κ2) is 4.62.